The van der Waals surface area contributed by atoms with Crippen LogP contribution in [0.4, 0.5) is 0 Å². The topological polar surface area (TPSA) is 29.5 Å². The highest BCUT2D eigenvalue weighted by atomic mass is 16.5. The molecule has 3 nitrogen and oxygen atoms in total. The molecule has 0 saturated heterocycles. The van der Waals surface area contributed by atoms with Crippen molar-refractivity contribution < 1.29 is 9.53 Å². The van der Waals surface area contributed by atoms with Crippen molar-refractivity contribution in [1.29, 1.82) is 0 Å². The molecule has 0 aliphatic rings. The zero-order chi connectivity index (χ0) is 11.7. The lowest BCUT2D eigenvalue weighted by Gasteiger charge is -2.24. The molecule has 0 heterocycles. The fraction of sp³-hybridized carbons (Fsp3) is 0.750. The number of rotatable bonds is 6. The summed E-state index contributed by atoms with van der Waals surface area (Å²) in [7, 11) is 0. The molecule has 0 amide bonds. The zero-order valence-electron chi connectivity index (χ0n) is 10.2. The van der Waals surface area contributed by atoms with Gasteiger partial charge in [0.15, 0.2) is 0 Å². The monoisotopic (exact) mass is 211 g/mol. The van der Waals surface area contributed by atoms with Gasteiger partial charge in [0.25, 0.3) is 0 Å². The Morgan fingerprint density at radius 2 is 2.13 bits per heavy atom. The van der Waals surface area contributed by atoms with Crippen molar-refractivity contribution in [1.82, 2.24) is 4.90 Å². The Hall–Kier alpha value is -1.01. The first-order valence-electron chi connectivity index (χ1n) is 5.41. The van der Waals surface area contributed by atoms with E-state index in [0.29, 0.717) is 19.2 Å². The minimum atomic E-state index is -0.157. The fourth-order valence-corrected chi connectivity index (χ4v) is 1.22. The Morgan fingerprint density at radius 3 is 2.60 bits per heavy atom. The maximum atomic E-state index is 11.3. The molecule has 0 rings (SSSR count). The number of hydrogen-bond donors (Lipinski definition) is 0. The third-order valence-corrected chi connectivity index (χ3v) is 2.07. The lowest BCUT2D eigenvalue weighted by molar-refractivity contribution is -0.144. The molecule has 0 unspecified atom stereocenters. The SMILES string of the molecule is CC#CCCN(CC(=O)OCC)C(C)C. The van der Waals surface area contributed by atoms with E-state index >= 15 is 0 Å². The van der Waals surface area contributed by atoms with E-state index < -0.39 is 0 Å². The highest BCUT2D eigenvalue weighted by Crippen LogP contribution is 2.00. The third-order valence-electron chi connectivity index (χ3n) is 2.07. The van der Waals surface area contributed by atoms with E-state index in [9.17, 15) is 4.79 Å². The van der Waals surface area contributed by atoms with Crippen molar-refractivity contribution >= 4 is 5.97 Å². The number of esters is 1. The summed E-state index contributed by atoms with van der Waals surface area (Å²) in [5.74, 6) is 5.69. The Kier molecular flexibility index (Phi) is 7.75. The van der Waals surface area contributed by atoms with Gasteiger partial charge in [0.2, 0.25) is 0 Å². The van der Waals surface area contributed by atoms with Gasteiger partial charge in [-0.2, -0.15) is 0 Å². The first-order chi connectivity index (χ1) is 7.11. The van der Waals surface area contributed by atoms with Crippen LogP contribution in [0.15, 0.2) is 0 Å². The van der Waals surface area contributed by atoms with Gasteiger partial charge in [-0.1, -0.05) is 0 Å². The first-order valence-corrected chi connectivity index (χ1v) is 5.41. The number of ether oxygens (including phenoxy) is 1. The Morgan fingerprint density at radius 1 is 1.47 bits per heavy atom. The first kappa shape index (κ1) is 14.0. The lowest BCUT2D eigenvalue weighted by atomic mass is 10.3. The smallest absolute Gasteiger partial charge is 0.320 e. The van der Waals surface area contributed by atoms with Crippen molar-refractivity contribution in [3.63, 3.8) is 0 Å². The van der Waals surface area contributed by atoms with Gasteiger partial charge < -0.3 is 4.74 Å². The third kappa shape index (κ3) is 6.98. The summed E-state index contributed by atoms with van der Waals surface area (Å²) in [4.78, 5) is 13.4. The molecular formula is C12H21NO2. The largest absolute Gasteiger partial charge is 0.465 e. The summed E-state index contributed by atoms with van der Waals surface area (Å²) < 4.78 is 4.91. The molecule has 0 aliphatic heterocycles. The van der Waals surface area contributed by atoms with Crippen molar-refractivity contribution in [3.8, 4) is 11.8 Å². The molecule has 0 aliphatic carbocycles. The van der Waals surface area contributed by atoms with Crippen LogP contribution in [0.2, 0.25) is 0 Å². The van der Waals surface area contributed by atoms with Gasteiger partial charge in [-0.05, 0) is 27.7 Å². The van der Waals surface area contributed by atoms with Crippen molar-refractivity contribution in [2.45, 2.75) is 40.2 Å². The predicted octanol–water partition coefficient (Wildman–Crippen LogP) is 1.67. The summed E-state index contributed by atoms with van der Waals surface area (Å²) in [6, 6.07) is 0.341. The number of carbonyl (C=O) groups excluding carboxylic acids is 1. The van der Waals surface area contributed by atoms with Gasteiger partial charge in [-0.25, -0.2) is 0 Å². The molecule has 0 saturated carbocycles. The molecule has 0 aromatic rings. The van der Waals surface area contributed by atoms with Gasteiger partial charge in [-0.15, -0.1) is 11.8 Å². The van der Waals surface area contributed by atoms with E-state index in [4.69, 9.17) is 4.74 Å². The minimum absolute atomic E-state index is 0.157. The summed E-state index contributed by atoms with van der Waals surface area (Å²) in [5, 5.41) is 0. The van der Waals surface area contributed by atoms with Crippen LogP contribution in [-0.4, -0.2) is 36.6 Å². The van der Waals surface area contributed by atoms with Gasteiger partial charge in [-0.3, -0.25) is 9.69 Å². The van der Waals surface area contributed by atoms with E-state index in [1.165, 1.54) is 0 Å². The quantitative estimate of drug-likeness (QED) is 0.494. The van der Waals surface area contributed by atoms with E-state index in [2.05, 4.69) is 30.6 Å². The number of nitrogens with zero attached hydrogens (tertiary/aromatic N) is 1. The zero-order valence-corrected chi connectivity index (χ0v) is 10.2. The van der Waals surface area contributed by atoms with Gasteiger partial charge in [0.1, 0.15) is 0 Å². The maximum Gasteiger partial charge on any atom is 0.320 e. The molecule has 3 heteroatoms. The van der Waals surface area contributed by atoms with Gasteiger partial charge in [0.05, 0.1) is 13.2 Å². The van der Waals surface area contributed by atoms with Gasteiger partial charge in [0, 0.05) is 19.0 Å². The van der Waals surface area contributed by atoms with Crippen LogP contribution in [0.25, 0.3) is 0 Å². The maximum absolute atomic E-state index is 11.3. The molecule has 0 fully saturated rings. The molecule has 0 spiro atoms. The molecule has 0 bridgehead atoms. The Bertz CT molecular complexity index is 238. The van der Waals surface area contributed by atoms with E-state index in [-0.39, 0.29) is 5.97 Å². The number of carbonyl (C=O) groups is 1. The second-order valence-electron chi connectivity index (χ2n) is 3.55. The van der Waals surface area contributed by atoms with Crippen LogP contribution >= 0.6 is 0 Å². The van der Waals surface area contributed by atoms with Crippen LogP contribution in [0.3, 0.4) is 0 Å². The van der Waals surface area contributed by atoms with Gasteiger partial charge >= 0.3 is 5.97 Å². The second-order valence-corrected chi connectivity index (χ2v) is 3.55. The molecule has 0 aromatic heterocycles. The van der Waals surface area contributed by atoms with Crippen LogP contribution in [0, 0.1) is 11.8 Å². The predicted molar refractivity (Wildman–Crippen MR) is 61.4 cm³/mol. The second kappa shape index (κ2) is 8.31. The summed E-state index contributed by atoms with van der Waals surface area (Å²) in [6.45, 7) is 9.40. The molecule has 0 N–H and O–H groups in total. The van der Waals surface area contributed by atoms with Crippen LogP contribution in [0.5, 0.6) is 0 Å². The molecule has 0 radical (unpaired) electrons. The minimum Gasteiger partial charge on any atom is -0.465 e. The molecule has 0 atom stereocenters. The average molecular weight is 211 g/mol. The molecular weight excluding hydrogens is 190 g/mol. The average Bonchev–Trinajstić information content (AvgIpc) is 2.16. The normalized spacial score (nSPS) is 10.0. The molecule has 0 aromatic carbocycles. The fourth-order valence-electron chi connectivity index (χ4n) is 1.22. The van der Waals surface area contributed by atoms with Crippen molar-refractivity contribution in [2.75, 3.05) is 19.7 Å². The van der Waals surface area contributed by atoms with Crippen LogP contribution in [0.1, 0.15) is 34.1 Å². The van der Waals surface area contributed by atoms with E-state index in [1.54, 1.807) is 0 Å². The Labute approximate surface area is 92.8 Å². The van der Waals surface area contributed by atoms with Crippen molar-refractivity contribution in [3.05, 3.63) is 0 Å². The van der Waals surface area contributed by atoms with Crippen LogP contribution < -0.4 is 0 Å². The molecule has 15 heavy (non-hydrogen) atoms. The highest BCUT2D eigenvalue weighted by molar-refractivity contribution is 5.71. The van der Waals surface area contributed by atoms with E-state index in [0.717, 1.165) is 13.0 Å². The highest BCUT2D eigenvalue weighted by Gasteiger charge is 2.13. The van der Waals surface area contributed by atoms with Crippen molar-refractivity contribution in [2.24, 2.45) is 0 Å². The summed E-state index contributed by atoms with van der Waals surface area (Å²) >= 11 is 0. The Balaban J connectivity index is 4.02. The summed E-state index contributed by atoms with van der Waals surface area (Å²) in [6.07, 6.45) is 0.800. The number of hydrogen-bond acceptors (Lipinski definition) is 3. The standard InChI is InChI=1S/C12H21NO2/c1-5-7-8-9-13(11(3)4)10-12(14)15-6-2/h11H,6,8-10H2,1-4H3. The summed E-state index contributed by atoms with van der Waals surface area (Å²) in [5.41, 5.74) is 0. The van der Waals surface area contributed by atoms with E-state index in [1.807, 2.05) is 13.8 Å². The lowest BCUT2D eigenvalue weighted by Crippen LogP contribution is -2.37. The molecule has 86 valence electrons. The van der Waals surface area contributed by atoms with Crippen LogP contribution in [-0.2, 0) is 9.53 Å².